The second kappa shape index (κ2) is 5.72. The third kappa shape index (κ3) is 3.24. The Balaban J connectivity index is 1.99. The van der Waals surface area contributed by atoms with Crippen LogP contribution in [0.5, 0.6) is 0 Å². The zero-order valence-electron chi connectivity index (χ0n) is 10.5. The van der Waals surface area contributed by atoms with Crippen LogP contribution in [0.25, 0.3) is 0 Å². The molecule has 2 atom stereocenters. The van der Waals surface area contributed by atoms with Gasteiger partial charge in [0.2, 0.25) is 0 Å². The Bertz CT molecular complexity index is 436. The van der Waals surface area contributed by atoms with Crippen LogP contribution in [0.4, 0.5) is 0 Å². The molecule has 0 spiro atoms. The Morgan fingerprint density at radius 1 is 1.61 bits per heavy atom. The largest absolute Gasteiger partial charge is 0.481 e. The fourth-order valence-corrected chi connectivity index (χ4v) is 2.80. The van der Waals surface area contributed by atoms with Crippen molar-refractivity contribution in [3.8, 4) is 0 Å². The van der Waals surface area contributed by atoms with E-state index >= 15 is 0 Å². The smallest absolute Gasteiger partial charge is 0.303 e. The Morgan fingerprint density at radius 2 is 2.39 bits per heavy atom. The summed E-state index contributed by atoms with van der Waals surface area (Å²) in [6.45, 7) is 3.97. The molecule has 0 bridgehead atoms. The number of benzene rings is 1. The van der Waals surface area contributed by atoms with Gasteiger partial charge in [0, 0.05) is 24.0 Å². The van der Waals surface area contributed by atoms with Crippen LogP contribution in [0.15, 0.2) is 24.3 Å². The lowest BCUT2D eigenvalue weighted by Gasteiger charge is -2.24. The molecule has 1 aliphatic heterocycles. The van der Waals surface area contributed by atoms with Crippen molar-refractivity contribution in [2.75, 3.05) is 13.1 Å². The first-order valence-corrected chi connectivity index (χ1v) is 6.65. The van der Waals surface area contributed by atoms with Crippen LogP contribution in [-0.2, 0) is 4.79 Å². The maximum Gasteiger partial charge on any atom is 0.303 e. The predicted molar refractivity (Wildman–Crippen MR) is 71.8 cm³/mol. The lowest BCUT2D eigenvalue weighted by Crippen LogP contribution is -2.25. The zero-order chi connectivity index (χ0) is 13.1. The molecule has 1 aromatic carbocycles. The Labute approximate surface area is 112 Å². The molecule has 1 saturated heterocycles. The SMILES string of the molecule is CC(c1cccc(Cl)c1)N1CCC(CC(=O)O)C1. The molecule has 1 aliphatic rings. The number of halogens is 1. The maximum atomic E-state index is 10.7. The third-order valence-corrected chi connectivity index (χ3v) is 3.89. The number of carbonyl (C=O) groups is 1. The van der Waals surface area contributed by atoms with Crippen molar-refractivity contribution in [2.24, 2.45) is 5.92 Å². The van der Waals surface area contributed by atoms with E-state index in [1.807, 2.05) is 18.2 Å². The van der Waals surface area contributed by atoms with Gasteiger partial charge in [-0.05, 0) is 43.5 Å². The molecular formula is C14H18ClNO2. The first kappa shape index (κ1) is 13.4. The van der Waals surface area contributed by atoms with Gasteiger partial charge in [-0.2, -0.15) is 0 Å². The highest BCUT2D eigenvalue weighted by atomic mass is 35.5. The summed E-state index contributed by atoms with van der Waals surface area (Å²) in [4.78, 5) is 13.0. The molecule has 2 rings (SSSR count). The highest BCUT2D eigenvalue weighted by Crippen LogP contribution is 2.29. The normalized spacial score (nSPS) is 22.0. The monoisotopic (exact) mass is 267 g/mol. The van der Waals surface area contributed by atoms with Gasteiger partial charge in [-0.3, -0.25) is 9.69 Å². The van der Waals surface area contributed by atoms with Gasteiger partial charge in [0.25, 0.3) is 0 Å². The number of carboxylic acid groups (broad SMARTS) is 1. The van der Waals surface area contributed by atoms with E-state index in [2.05, 4.69) is 17.9 Å². The van der Waals surface area contributed by atoms with Gasteiger partial charge in [0.1, 0.15) is 0 Å². The van der Waals surface area contributed by atoms with Crippen molar-refractivity contribution in [2.45, 2.75) is 25.8 Å². The molecular weight excluding hydrogens is 250 g/mol. The minimum Gasteiger partial charge on any atom is -0.481 e. The molecule has 98 valence electrons. The van der Waals surface area contributed by atoms with Crippen LogP contribution in [0, 0.1) is 5.92 Å². The van der Waals surface area contributed by atoms with E-state index in [4.69, 9.17) is 16.7 Å². The highest BCUT2D eigenvalue weighted by Gasteiger charge is 2.28. The van der Waals surface area contributed by atoms with E-state index in [1.165, 1.54) is 5.56 Å². The van der Waals surface area contributed by atoms with Crippen LogP contribution >= 0.6 is 11.6 Å². The first-order valence-electron chi connectivity index (χ1n) is 6.27. The molecule has 1 aromatic rings. The van der Waals surface area contributed by atoms with E-state index in [1.54, 1.807) is 0 Å². The minimum atomic E-state index is -0.697. The van der Waals surface area contributed by atoms with E-state index in [0.717, 1.165) is 24.5 Å². The van der Waals surface area contributed by atoms with Crippen molar-refractivity contribution >= 4 is 17.6 Å². The average molecular weight is 268 g/mol. The molecule has 1 heterocycles. The van der Waals surface area contributed by atoms with Gasteiger partial charge in [-0.25, -0.2) is 0 Å². The van der Waals surface area contributed by atoms with E-state index in [9.17, 15) is 4.79 Å². The van der Waals surface area contributed by atoms with Crippen molar-refractivity contribution in [1.29, 1.82) is 0 Å². The van der Waals surface area contributed by atoms with Crippen LogP contribution < -0.4 is 0 Å². The quantitative estimate of drug-likeness (QED) is 0.911. The van der Waals surface area contributed by atoms with Crippen molar-refractivity contribution in [1.82, 2.24) is 4.90 Å². The summed E-state index contributed by atoms with van der Waals surface area (Å²) in [5, 5.41) is 9.57. The molecule has 0 amide bonds. The molecule has 2 unspecified atom stereocenters. The number of rotatable bonds is 4. The Morgan fingerprint density at radius 3 is 3.06 bits per heavy atom. The third-order valence-electron chi connectivity index (χ3n) is 3.66. The standard InChI is InChI=1S/C14H18ClNO2/c1-10(12-3-2-4-13(15)8-12)16-6-5-11(9-16)7-14(17)18/h2-4,8,10-11H,5-7,9H2,1H3,(H,17,18). The summed E-state index contributed by atoms with van der Waals surface area (Å²) in [6.07, 6.45) is 1.25. The molecule has 3 nitrogen and oxygen atoms in total. The summed E-state index contributed by atoms with van der Waals surface area (Å²) in [7, 11) is 0. The summed E-state index contributed by atoms with van der Waals surface area (Å²) in [5.74, 6) is -0.415. The second-order valence-electron chi connectivity index (χ2n) is 4.98. The van der Waals surface area contributed by atoms with Crippen LogP contribution in [0.3, 0.4) is 0 Å². The molecule has 1 fully saturated rings. The van der Waals surface area contributed by atoms with E-state index in [-0.39, 0.29) is 12.3 Å². The van der Waals surface area contributed by atoms with E-state index in [0.29, 0.717) is 6.04 Å². The highest BCUT2D eigenvalue weighted by molar-refractivity contribution is 6.30. The number of likely N-dealkylation sites (tertiary alicyclic amines) is 1. The fraction of sp³-hybridized carbons (Fsp3) is 0.500. The summed E-state index contributed by atoms with van der Waals surface area (Å²) < 4.78 is 0. The lowest BCUT2D eigenvalue weighted by atomic mass is 10.1. The predicted octanol–water partition coefficient (Wildman–Crippen LogP) is 3.20. The Hall–Kier alpha value is -1.06. The first-order chi connectivity index (χ1) is 8.56. The van der Waals surface area contributed by atoms with Crippen molar-refractivity contribution < 1.29 is 9.90 Å². The topological polar surface area (TPSA) is 40.5 Å². The number of aliphatic carboxylic acids is 1. The van der Waals surface area contributed by atoms with Gasteiger partial charge >= 0.3 is 5.97 Å². The van der Waals surface area contributed by atoms with Gasteiger partial charge in [-0.1, -0.05) is 23.7 Å². The molecule has 0 aromatic heterocycles. The van der Waals surface area contributed by atoms with Gasteiger partial charge in [0.05, 0.1) is 0 Å². The Kier molecular flexibility index (Phi) is 4.25. The summed E-state index contributed by atoms with van der Waals surface area (Å²) >= 11 is 6.00. The van der Waals surface area contributed by atoms with E-state index < -0.39 is 5.97 Å². The zero-order valence-corrected chi connectivity index (χ0v) is 11.2. The van der Waals surface area contributed by atoms with Crippen LogP contribution in [-0.4, -0.2) is 29.1 Å². The number of hydrogen-bond acceptors (Lipinski definition) is 2. The lowest BCUT2D eigenvalue weighted by molar-refractivity contribution is -0.138. The van der Waals surface area contributed by atoms with Crippen LogP contribution in [0.2, 0.25) is 5.02 Å². The summed E-state index contributed by atoms with van der Waals surface area (Å²) in [6, 6.07) is 8.17. The fourth-order valence-electron chi connectivity index (χ4n) is 2.61. The number of hydrogen-bond donors (Lipinski definition) is 1. The molecule has 1 N–H and O–H groups in total. The minimum absolute atomic E-state index is 0.277. The number of nitrogens with zero attached hydrogens (tertiary/aromatic N) is 1. The van der Waals surface area contributed by atoms with Gasteiger partial charge in [0.15, 0.2) is 0 Å². The maximum absolute atomic E-state index is 10.7. The molecule has 4 heteroatoms. The second-order valence-corrected chi connectivity index (χ2v) is 5.41. The van der Waals surface area contributed by atoms with Gasteiger partial charge < -0.3 is 5.11 Å². The van der Waals surface area contributed by atoms with Gasteiger partial charge in [-0.15, -0.1) is 0 Å². The molecule has 0 saturated carbocycles. The number of carboxylic acids is 1. The molecule has 0 aliphatic carbocycles. The average Bonchev–Trinajstić information content (AvgIpc) is 2.75. The molecule has 0 radical (unpaired) electrons. The summed E-state index contributed by atoms with van der Waals surface area (Å²) in [5.41, 5.74) is 1.19. The van der Waals surface area contributed by atoms with Crippen molar-refractivity contribution in [3.63, 3.8) is 0 Å². The molecule has 18 heavy (non-hydrogen) atoms. The van der Waals surface area contributed by atoms with Crippen LogP contribution in [0.1, 0.15) is 31.4 Å². The van der Waals surface area contributed by atoms with Crippen molar-refractivity contribution in [3.05, 3.63) is 34.9 Å².